The van der Waals surface area contributed by atoms with Gasteiger partial charge < -0.3 is 0 Å². The average Bonchev–Trinajstić information content (AvgIpc) is 2.61. The lowest BCUT2D eigenvalue weighted by Gasteiger charge is -2.04. The number of nitrogens with zero attached hydrogens (tertiary/aromatic N) is 3. The summed E-state index contributed by atoms with van der Waals surface area (Å²) in [5, 5.41) is 7.56. The molecule has 1 rings (SSSR count). The number of hydrogen-bond donors (Lipinski definition) is 0. The van der Waals surface area contributed by atoms with Crippen LogP contribution in [-0.4, -0.2) is 32.1 Å². The van der Waals surface area contributed by atoms with Gasteiger partial charge in [-0.05, 0) is 24.6 Å². The van der Waals surface area contributed by atoms with Crippen molar-refractivity contribution in [3.05, 3.63) is 11.9 Å². The molecule has 0 aliphatic carbocycles. The third-order valence-electron chi connectivity index (χ3n) is 1.74. The van der Waals surface area contributed by atoms with Crippen molar-refractivity contribution in [2.75, 3.05) is 11.6 Å². The van der Waals surface area contributed by atoms with Crippen molar-refractivity contribution in [1.82, 2.24) is 15.0 Å². The first kappa shape index (κ1) is 13.6. The Morgan fingerprint density at radius 2 is 2.19 bits per heavy atom. The van der Waals surface area contributed by atoms with Gasteiger partial charge >= 0.3 is 5.51 Å². The molecule has 92 valence electrons. The van der Waals surface area contributed by atoms with E-state index in [1.165, 1.54) is 4.68 Å². The fourth-order valence-corrected chi connectivity index (χ4v) is 1.71. The molecule has 0 atom stereocenters. The Morgan fingerprint density at radius 1 is 1.44 bits per heavy atom. The molecule has 0 fully saturated rings. The number of aromatic nitrogens is 3. The summed E-state index contributed by atoms with van der Waals surface area (Å²) in [5.74, 6) is 0.485. The lowest BCUT2D eigenvalue weighted by atomic mass is 10.3. The minimum absolute atomic E-state index is 0.0538. The van der Waals surface area contributed by atoms with Crippen molar-refractivity contribution < 1.29 is 13.2 Å². The lowest BCUT2D eigenvalue weighted by Crippen LogP contribution is -2.07. The van der Waals surface area contributed by atoms with Crippen LogP contribution in [0.2, 0.25) is 0 Å². The van der Waals surface area contributed by atoms with Crippen LogP contribution in [0.4, 0.5) is 13.2 Å². The molecule has 0 unspecified atom stereocenters. The van der Waals surface area contributed by atoms with Crippen molar-refractivity contribution in [2.24, 2.45) is 0 Å². The van der Waals surface area contributed by atoms with Crippen LogP contribution in [0, 0.1) is 0 Å². The molecule has 0 bridgehead atoms. The van der Waals surface area contributed by atoms with E-state index in [0.29, 0.717) is 12.3 Å². The Hall–Kier alpha value is -0.430. The zero-order valence-electron chi connectivity index (χ0n) is 8.37. The van der Waals surface area contributed by atoms with Gasteiger partial charge in [0.25, 0.3) is 0 Å². The molecule has 0 aliphatic heterocycles. The van der Waals surface area contributed by atoms with E-state index in [1.54, 1.807) is 6.20 Å². The summed E-state index contributed by atoms with van der Waals surface area (Å²) in [5.41, 5.74) is -3.42. The standard InChI is InChI=1S/C8H11ClF3N3S/c9-3-1-2-7-6-15(14-13-7)4-5-16-8(10,11)12/h6H,1-5H2. The molecule has 0 radical (unpaired) electrons. The van der Waals surface area contributed by atoms with E-state index in [9.17, 15) is 13.2 Å². The third kappa shape index (κ3) is 5.60. The van der Waals surface area contributed by atoms with Gasteiger partial charge in [-0.2, -0.15) is 13.2 Å². The summed E-state index contributed by atoms with van der Waals surface area (Å²) in [7, 11) is 0. The Morgan fingerprint density at radius 3 is 2.81 bits per heavy atom. The zero-order valence-corrected chi connectivity index (χ0v) is 9.95. The molecule has 0 saturated heterocycles. The Bertz CT molecular complexity index is 316. The molecule has 1 heterocycles. The van der Waals surface area contributed by atoms with E-state index in [1.807, 2.05) is 0 Å². The third-order valence-corrected chi connectivity index (χ3v) is 2.72. The summed E-state index contributed by atoms with van der Waals surface area (Å²) < 4.78 is 36.9. The summed E-state index contributed by atoms with van der Waals surface area (Å²) in [6.07, 6.45) is 3.15. The second-order valence-electron chi connectivity index (χ2n) is 3.06. The number of alkyl halides is 4. The predicted octanol–water partition coefficient (Wildman–Crippen LogP) is 2.70. The van der Waals surface area contributed by atoms with E-state index in [4.69, 9.17) is 11.6 Å². The van der Waals surface area contributed by atoms with Gasteiger partial charge in [0, 0.05) is 17.8 Å². The Kier molecular flexibility index (Phi) is 5.40. The van der Waals surface area contributed by atoms with E-state index in [0.717, 1.165) is 12.1 Å². The van der Waals surface area contributed by atoms with Crippen LogP contribution >= 0.6 is 23.4 Å². The van der Waals surface area contributed by atoms with Crippen LogP contribution in [0.1, 0.15) is 12.1 Å². The van der Waals surface area contributed by atoms with E-state index in [2.05, 4.69) is 10.3 Å². The quantitative estimate of drug-likeness (QED) is 0.747. The summed E-state index contributed by atoms with van der Waals surface area (Å²) in [4.78, 5) is 0. The fourth-order valence-electron chi connectivity index (χ4n) is 1.07. The first-order valence-electron chi connectivity index (χ1n) is 4.67. The summed E-state index contributed by atoms with van der Waals surface area (Å²) >= 11 is 5.45. The topological polar surface area (TPSA) is 30.7 Å². The molecule has 0 spiro atoms. The second-order valence-corrected chi connectivity index (χ2v) is 4.60. The average molecular weight is 274 g/mol. The first-order chi connectivity index (χ1) is 7.51. The SMILES string of the molecule is FC(F)(F)SCCn1cc(CCCCl)nn1. The summed E-state index contributed by atoms with van der Waals surface area (Å²) in [6, 6.07) is 0. The number of rotatable bonds is 6. The number of thioether (sulfide) groups is 1. The molecule has 16 heavy (non-hydrogen) atoms. The Labute approximate surface area is 100 Å². The smallest absolute Gasteiger partial charge is 0.251 e. The van der Waals surface area contributed by atoms with Crippen molar-refractivity contribution in [3.63, 3.8) is 0 Å². The minimum Gasteiger partial charge on any atom is -0.251 e. The van der Waals surface area contributed by atoms with Crippen LogP contribution in [0.25, 0.3) is 0 Å². The molecule has 0 N–H and O–H groups in total. The number of hydrogen-bond acceptors (Lipinski definition) is 3. The zero-order chi connectivity index (χ0) is 12.0. The number of halogens is 4. The van der Waals surface area contributed by atoms with Crippen LogP contribution in [-0.2, 0) is 13.0 Å². The maximum absolute atomic E-state index is 11.8. The van der Waals surface area contributed by atoms with Crippen LogP contribution < -0.4 is 0 Å². The normalized spacial score (nSPS) is 12.0. The molecule has 1 aromatic rings. The van der Waals surface area contributed by atoms with Crippen molar-refractivity contribution in [1.29, 1.82) is 0 Å². The lowest BCUT2D eigenvalue weighted by molar-refractivity contribution is -0.0328. The van der Waals surface area contributed by atoms with E-state index < -0.39 is 5.51 Å². The molecular formula is C8H11ClF3N3S. The van der Waals surface area contributed by atoms with Gasteiger partial charge in [0.1, 0.15) is 0 Å². The molecular weight excluding hydrogens is 263 g/mol. The highest BCUT2D eigenvalue weighted by molar-refractivity contribution is 8.00. The molecule has 3 nitrogen and oxygen atoms in total. The first-order valence-corrected chi connectivity index (χ1v) is 6.19. The van der Waals surface area contributed by atoms with Gasteiger partial charge in [0.05, 0.1) is 12.2 Å². The highest BCUT2D eigenvalue weighted by Crippen LogP contribution is 2.29. The van der Waals surface area contributed by atoms with E-state index >= 15 is 0 Å². The molecule has 0 amide bonds. The van der Waals surface area contributed by atoms with Crippen molar-refractivity contribution >= 4 is 23.4 Å². The molecule has 1 aromatic heterocycles. The molecule has 0 aromatic carbocycles. The van der Waals surface area contributed by atoms with E-state index in [-0.39, 0.29) is 24.1 Å². The van der Waals surface area contributed by atoms with Crippen molar-refractivity contribution in [3.8, 4) is 0 Å². The summed E-state index contributed by atoms with van der Waals surface area (Å²) in [6.45, 7) is 0.206. The fraction of sp³-hybridized carbons (Fsp3) is 0.750. The van der Waals surface area contributed by atoms with Crippen LogP contribution in [0.3, 0.4) is 0 Å². The monoisotopic (exact) mass is 273 g/mol. The van der Waals surface area contributed by atoms with Gasteiger partial charge in [-0.15, -0.1) is 16.7 Å². The van der Waals surface area contributed by atoms with Gasteiger partial charge in [0.15, 0.2) is 0 Å². The maximum Gasteiger partial charge on any atom is 0.441 e. The van der Waals surface area contributed by atoms with Crippen LogP contribution in [0.5, 0.6) is 0 Å². The maximum atomic E-state index is 11.8. The van der Waals surface area contributed by atoms with Gasteiger partial charge in [0.2, 0.25) is 0 Å². The van der Waals surface area contributed by atoms with Gasteiger partial charge in [-0.25, -0.2) is 0 Å². The Balaban J connectivity index is 2.29. The van der Waals surface area contributed by atoms with Gasteiger partial charge in [-0.1, -0.05) is 5.21 Å². The van der Waals surface area contributed by atoms with Crippen molar-refractivity contribution in [2.45, 2.75) is 24.9 Å². The van der Waals surface area contributed by atoms with Crippen LogP contribution in [0.15, 0.2) is 6.20 Å². The molecule has 0 aliphatic rings. The highest BCUT2D eigenvalue weighted by atomic mass is 35.5. The highest BCUT2D eigenvalue weighted by Gasteiger charge is 2.27. The molecule has 0 saturated carbocycles. The minimum atomic E-state index is -4.18. The largest absolute Gasteiger partial charge is 0.441 e. The van der Waals surface area contributed by atoms with Gasteiger partial charge in [-0.3, -0.25) is 4.68 Å². The molecule has 8 heteroatoms. The second kappa shape index (κ2) is 6.34. The predicted molar refractivity (Wildman–Crippen MR) is 57.6 cm³/mol. The number of aryl methyl sites for hydroxylation is 2.